The van der Waals surface area contributed by atoms with Crippen LogP contribution in [0, 0.1) is 5.82 Å². The Morgan fingerprint density at radius 3 is 3.00 bits per heavy atom. The Hall–Kier alpha value is -0.720. The van der Waals surface area contributed by atoms with E-state index in [0.29, 0.717) is 18.8 Å². The Bertz CT molecular complexity index is 538. The van der Waals surface area contributed by atoms with E-state index in [2.05, 4.69) is 4.98 Å². The minimum absolute atomic E-state index is 0.0924. The summed E-state index contributed by atoms with van der Waals surface area (Å²) in [4.78, 5) is 3.68. The van der Waals surface area contributed by atoms with Crippen molar-refractivity contribution in [2.75, 3.05) is 12.4 Å². The number of halogens is 2. The van der Waals surface area contributed by atoms with Gasteiger partial charge in [0.25, 0.3) is 10.0 Å². The Morgan fingerprint density at radius 1 is 1.53 bits per heavy atom. The van der Waals surface area contributed by atoms with Crippen LogP contribution in [0.15, 0.2) is 23.4 Å². The number of rotatable bonds is 5. The van der Waals surface area contributed by atoms with Gasteiger partial charge in [-0.1, -0.05) is 0 Å². The van der Waals surface area contributed by atoms with Gasteiger partial charge < -0.3 is 0 Å². The first kappa shape index (κ1) is 14.7. The second-order valence-corrected chi connectivity index (χ2v) is 6.72. The van der Waals surface area contributed by atoms with E-state index in [1.54, 1.807) is 0 Å². The average Bonchev–Trinajstić information content (AvgIpc) is 2.85. The molecule has 7 heteroatoms. The second-order valence-electron chi connectivity index (χ2n) is 4.53. The SMILES string of the molecule is O=S(=O)(c1ncccc1F)N1CCCC1CCCCl. The zero-order valence-electron chi connectivity index (χ0n) is 10.4. The van der Waals surface area contributed by atoms with Gasteiger partial charge in [0.1, 0.15) is 0 Å². The summed E-state index contributed by atoms with van der Waals surface area (Å²) in [5.41, 5.74) is 0. The van der Waals surface area contributed by atoms with Crippen LogP contribution in [-0.4, -0.2) is 36.2 Å². The summed E-state index contributed by atoms with van der Waals surface area (Å²) in [7, 11) is -3.84. The fourth-order valence-electron chi connectivity index (χ4n) is 2.40. The third-order valence-electron chi connectivity index (χ3n) is 3.27. The molecule has 1 aromatic rings. The van der Waals surface area contributed by atoms with Crippen LogP contribution in [0.5, 0.6) is 0 Å². The highest BCUT2D eigenvalue weighted by molar-refractivity contribution is 7.89. The quantitative estimate of drug-likeness (QED) is 0.785. The molecule has 4 nitrogen and oxygen atoms in total. The van der Waals surface area contributed by atoms with Crippen LogP contribution in [-0.2, 0) is 10.0 Å². The van der Waals surface area contributed by atoms with Crippen LogP contribution >= 0.6 is 11.6 Å². The smallest absolute Gasteiger partial charge is 0.241 e. The highest BCUT2D eigenvalue weighted by Crippen LogP contribution is 2.28. The van der Waals surface area contributed by atoms with Crippen molar-refractivity contribution in [1.29, 1.82) is 0 Å². The second kappa shape index (κ2) is 6.15. The molecule has 1 aliphatic heterocycles. The lowest BCUT2D eigenvalue weighted by Gasteiger charge is -2.23. The molecule has 1 atom stereocenters. The molecule has 1 unspecified atom stereocenters. The maximum absolute atomic E-state index is 13.6. The molecule has 2 heterocycles. The van der Waals surface area contributed by atoms with E-state index >= 15 is 0 Å². The molecule has 0 spiro atoms. The van der Waals surface area contributed by atoms with Crippen molar-refractivity contribution < 1.29 is 12.8 Å². The Morgan fingerprint density at radius 2 is 2.32 bits per heavy atom. The van der Waals surface area contributed by atoms with E-state index < -0.39 is 20.9 Å². The van der Waals surface area contributed by atoms with Gasteiger partial charge >= 0.3 is 0 Å². The lowest BCUT2D eigenvalue weighted by Crippen LogP contribution is -2.36. The van der Waals surface area contributed by atoms with Gasteiger partial charge in [0.05, 0.1) is 0 Å². The molecule has 106 valence electrons. The predicted molar refractivity (Wildman–Crippen MR) is 71.1 cm³/mol. The first-order valence-electron chi connectivity index (χ1n) is 6.25. The number of nitrogens with zero attached hydrogens (tertiary/aromatic N) is 2. The number of hydrogen-bond donors (Lipinski definition) is 0. The molecule has 19 heavy (non-hydrogen) atoms. The van der Waals surface area contributed by atoms with Gasteiger partial charge in [-0.15, -0.1) is 11.6 Å². The molecule has 0 amide bonds. The molecule has 1 aromatic heterocycles. The van der Waals surface area contributed by atoms with E-state index in [0.717, 1.165) is 25.3 Å². The summed E-state index contributed by atoms with van der Waals surface area (Å²) in [6.45, 7) is 0.422. The number of alkyl halides is 1. The van der Waals surface area contributed by atoms with Crippen molar-refractivity contribution in [2.45, 2.75) is 36.8 Å². The summed E-state index contributed by atoms with van der Waals surface area (Å²) in [6, 6.07) is 2.40. The van der Waals surface area contributed by atoms with Gasteiger partial charge in [0.2, 0.25) is 5.03 Å². The summed E-state index contributed by atoms with van der Waals surface area (Å²) >= 11 is 5.64. The average molecular weight is 307 g/mol. The van der Waals surface area contributed by atoms with Crippen LogP contribution in [0.1, 0.15) is 25.7 Å². The van der Waals surface area contributed by atoms with E-state index in [1.165, 1.54) is 16.6 Å². The molecule has 0 N–H and O–H groups in total. The van der Waals surface area contributed by atoms with Gasteiger partial charge in [-0.05, 0) is 37.8 Å². The number of sulfonamides is 1. The maximum Gasteiger partial charge on any atom is 0.263 e. The number of aromatic nitrogens is 1. The van der Waals surface area contributed by atoms with Gasteiger partial charge in [-0.3, -0.25) is 0 Å². The summed E-state index contributed by atoms with van der Waals surface area (Å²) in [6.07, 6.45) is 4.34. The summed E-state index contributed by atoms with van der Waals surface area (Å²) < 4.78 is 39.8. The first-order valence-corrected chi connectivity index (χ1v) is 8.23. The van der Waals surface area contributed by atoms with Gasteiger partial charge in [0.15, 0.2) is 5.82 Å². The van der Waals surface area contributed by atoms with Crippen molar-refractivity contribution in [3.05, 3.63) is 24.1 Å². The molecule has 1 aliphatic rings. The summed E-state index contributed by atoms with van der Waals surface area (Å²) in [5, 5.41) is -0.479. The highest BCUT2D eigenvalue weighted by atomic mass is 35.5. The van der Waals surface area contributed by atoms with E-state index in [4.69, 9.17) is 11.6 Å². The first-order chi connectivity index (χ1) is 9.07. The van der Waals surface area contributed by atoms with Crippen LogP contribution in [0.2, 0.25) is 0 Å². The van der Waals surface area contributed by atoms with Crippen molar-refractivity contribution in [3.8, 4) is 0 Å². The molecule has 0 radical (unpaired) electrons. The molecule has 0 saturated carbocycles. The molecule has 0 aromatic carbocycles. The van der Waals surface area contributed by atoms with Crippen molar-refractivity contribution in [3.63, 3.8) is 0 Å². The molecule has 1 fully saturated rings. The molecular weight excluding hydrogens is 291 g/mol. The third kappa shape index (κ3) is 3.07. The highest BCUT2D eigenvalue weighted by Gasteiger charge is 2.37. The van der Waals surface area contributed by atoms with E-state index in [1.807, 2.05) is 0 Å². The largest absolute Gasteiger partial charge is 0.263 e. The third-order valence-corrected chi connectivity index (χ3v) is 5.43. The lowest BCUT2D eigenvalue weighted by atomic mass is 10.1. The molecular formula is C12H16ClFN2O2S. The molecule has 1 saturated heterocycles. The van der Waals surface area contributed by atoms with E-state index in [9.17, 15) is 12.8 Å². The topological polar surface area (TPSA) is 50.3 Å². The minimum atomic E-state index is -3.84. The molecule has 2 rings (SSSR count). The van der Waals surface area contributed by atoms with Crippen molar-refractivity contribution >= 4 is 21.6 Å². The number of hydrogen-bond acceptors (Lipinski definition) is 3. The zero-order valence-corrected chi connectivity index (χ0v) is 12.0. The van der Waals surface area contributed by atoms with Gasteiger partial charge in [-0.2, -0.15) is 4.31 Å². The monoisotopic (exact) mass is 306 g/mol. The number of pyridine rings is 1. The fourth-order valence-corrected chi connectivity index (χ4v) is 4.26. The lowest BCUT2D eigenvalue weighted by molar-refractivity contribution is 0.364. The van der Waals surface area contributed by atoms with Crippen LogP contribution in [0.3, 0.4) is 0 Å². The van der Waals surface area contributed by atoms with Crippen LogP contribution in [0.25, 0.3) is 0 Å². The Balaban J connectivity index is 2.26. The fraction of sp³-hybridized carbons (Fsp3) is 0.583. The molecule has 0 aliphatic carbocycles. The summed E-state index contributed by atoms with van der Waals surface area (Å²) in [5.74, 6) is -0.298. The Labute approximate surface area is 117 Å². The minimum Gasteiger partial charge on any atom is -0.241 e. The standard InChI is InChI=1S/C12H16ClFN2O2S/c13-7-1-4-10-5-3-9-16(10)19(17,18)12-11(14)6-2-8-15-12/h2,6,8,10H,1,3-5,7,9H2. The Kier molecular flexibility index (Phi) is 4.76. The zero-order chi connectivity index (χ0) is 13.9. The van der Waals surface area contributed by atoms with Crippen molar-refractivity contribution in [2.24, 2.45) is 0 Å². The van der Waals surface area contributed by atoms with E-state index in [-0.39, 0.29) is 6.04 Å². The van der Waals surface area contributed by atoms with Crippen LogP contribution in [0.4, 0.5) is 4.39 Å². The maximum atomic E-state index is 13.6. The normalized spacial score (nSPS) is 20.8. The molecule has 0 bridgehead atoms. The van der Waals surface area contributed by atoms with Gasteiger partial charge in [-0.25, -0.2) is 17.8 Å². The van der Waals surface area contributed by atoms with Gasteiger partial charge in [0, 0.05) is 24.7 Å². The van der Waals surface area contributed by atoms with Crippen molar-refractivity contribution in [1.82, 2.24) is 9.29 Å². The van der Waals surface area contributed by atoms with Crippen LogP contribution < -0.4 is 0 Å². The predicted octanol–water partition coefficient (Wildman–Crippen LogP) is 2.39.